The summed E-state index contributed by atoms with van der Waals surface area (Å²) in [5.41, 5.74) is 2.66. The van der Waals surface area contributed by atoms with Crippen LogP contribution in [0, 0.1) is 0 Å². The molecule has 0 heterocycles. The van der Waals surface area contributed by atoms with Crippen molar-refractivity contribution in [2.24, 2.45) is 0 Å². The van der Waals surface area contributed by atoms with Crippen molar-refractivity contribution in [1.29, 1.82) is 0 Å². The Hall–Kier alpha value is -2.49. The maximum Gasteiger partial charge on any atom is 0.323 e. The van der Waals surface area contributed by atoms with Crippen molar-refractivity contribution in [3.63, 3.8) is 0 Å². The van der Waals surface area contributed by atoms with E-state index in [4.69, 9.17) is 4.74 Å². The molecule has 0 aliphatic carbocycles. The Morgan fingerprint density at radius 3 is 2.35 bits per heavy atom. The largest absolute Gasteiger partial charge is 0.497 e. The normalized spacial score (nSPS) is 9.90. The fraction of sp³-hybridized carbons (Fsp3) is 0.188. The van der Waals surface area contributed by atoms with E-state index in [0.717, 1.165) is 12.1 Å². The molecule has 0 aliphatic heterocycles. The zero-order chi connectivity index (χ0) is 14.4. The summed E-state index contributed by atoms with van der Waals surface area (Å²) < 4.78 is 5.11. The molecule has 2 rings (SSSR count). The summed E-state index contributed by atoms with van der Waals surface area (Å²) in [4.78, 5) is 11.9. The first kappa shape index (κ1) is 13.9. The average Bonchev–Trinajstić information content (AvgIpc) is 2.47. The highest BCUT2D eigenvalue weighted by Gasteiger charge is 2.03. The van der Waals surface area contributed by atoms with Crippen LogP contribution in [0.4, 0.5) is 16.2 Å². The van der Waals surface area contributed by atoms with E-state index in [1.165, 1.54) is 5.56 Å². The Bertz CT molecular complexity index is 545. The number of rotatable bonds is 4. The summed E-state index contributed by atoms with van der Waals surface area (Å²) >= 11 is 0. The number of urea groups is 1. The van der Waals surface area contributed by atoms with E-state index in [2.05, 4.69) is 17.6 Å². The second-order valence-electron chi connectivity index (χ2n) is 4.37. The zero-order valence-corrected chi connectivity index (χ0v) is 11.6. The summed E-state index contributed by atoms with van der Waals surface area (Å²) in [5.74, 6) is 0.704. The van der Waals surface area contributed by atoms with Gasteiger partial charge in [-0.1, -0.05) is 25.1 Å². The SMILES string of the molecule is CCc1cccc(NC(=O)Nc2cccc(OC)c2)c1. The minimum absolute atomic E-state index is 0.272. The third kappa shape index (κ3) is 3.75. The van der Waals surface area contributed by atoms with Gasteiger partial charge in [-0.05, 0) is 36.2 Å². The third-order valence-corrected chi connectivity index (χ3v) is 2.92. The van der Waals surface area contributed by atoms with Gasteiger partial charge in [-0.25, -0.2) is 4.79 Å². The first-order valence-electron chi connectivity index (χ1n) is 6.52. The van der Waals surface area contributed by atoms with Crippen molar-refractivity contribution in [1.82, 2.24) is 0 Å². The smallest absolute Gasteiger partial charge is 0.323 e. The Morgan fingerprint density at radius 1 is 1.05 bits per heavy atom. The standard InChI is InChI=1S/C16H18N2O2/c1-3-12-6-4-7-13(10-12)17-16(19)18-14-8-5-9-15(11-14)20-2/h4-11H,3H2,1-2H3,(H2,17,18,19). The highest BCUT2D eigenvalue weighted by molar-refractivity contribution is 5.99. The van der Waals surface area contributed by atoms with Gasteiger partial charge in [-0.3, -0.25) is 0 Å². The predicted octanol–water partition coefficient (Wildman–Crippen LogP) is 3.90. The van der Waals surface area contributed by atoms with Crippen LogP contribution in [0.1, 0.15) is 12.5 Å². The van der Waals surface area contributed by atoms with E-state index in [9.17, 15) is 4.79 Å². The van der Waals surface area contributed by atoms with Crippen LogP contribution in [0.25, 0.3) is 0 Å². The molecule has 0 aromatic heterocycles. The lowest BCUT2D eigenvalue weighted by molar-refractivity contribution is 0.262. The minimum atomic E-state index is -0.272. The molecular weight excluding hydrogens is 252 g/mol. The fourth-order valence-electron chi connectivity index (χ4n) is 1.86. The van der Waals surface area contributed by atoms with Gasteiger partial charge < -0.3 is 15.4 Å². The average molecular weight is 270 g/mol. The number of amides is 2. The van der Waals surface area contributed by atoms with E-state index in [0.29, 0.717) is 11.4 Å². The van der Waals surface area contributed by atoms with Crippen LogP contribution in [-0.2, 0) is 6.42 Å². The van der Waals surface area contributed by atoms with Crippen LogP contribution < -0.4 is 15.4 Å². The van der Waals surface area contributed by atoms with Gasteiger partial charge >= 0.3 is 6.03 Å². The van der Waals surface area contributed by atoms with Crippen LogP contribution in [0.3, 0.4) is 0 Å². The van der Waals surface area contributed by atoms with Gasteiger partial charge in [0.2, 0.25) is 0 Å². The van der Waals surface area contributed by atoms with E-state index < -0.39 is 0 Å². The highest BCUT2D eigenvalue weighted by atomic mass is 16.5. The van der Waals surface area contributed by atoms with Crippen molar-refractivity contribution < 1.29 is 9.53 Å². The van der Waals surface area contributed by atoms with Crippen LogP contribution in [-0.4, -0.2) is 13.1 Å². The van der Waals surface area contributed by atoms with Gasteiger partial charge in [0.1, 0.15) is 5.75 Å². The topological polar surface area (TPSA) is 50.4 Å². The number of carbonyl (C=O) groups is 1. The Balaban J connectivity index is 2.01. The Morgan fingerprint density at radius 2 is 1.70 bits per heavy atom. The van der Waals surface area contributed by atoms with Gasteiger partial charge in [-0.2, -0.15) is 0 Å². The number of methoxy groups -OCH3 is 1. The quantitative estimate of drug-likeness (QED) is 0.885. The number of ether oxygens (including phenoxy) is 1. The molecule has 20 heavy (non-hydrogen) atoms. The van der Waals surface area contributed by atoms with Crippen molar-refractivity contribution in [2.45, 2.75) is 13.3 Å². The molecule has 4 nitrogen and oxygen atoms in total. The number of carbonyl (C=O) groups excluding carboxylic acids is 1. The number of aryl methyl sites for hydroxylation is 1. The lowest BCUT2D eigenvalue weighted by Crippen LogP contribution is -2.19. The number of hydrogen-bond donors (Lipinski definition) is 2. The first-order chi connectivity index (χ1) is 9.71. The first-order valence-corrected chi connectivity index (χ1v) is 6.52. The van der Waals surface area contributed by atoms with Gasteiger partial charge in [0.25, 0.3) is 0 Å². The van der Waals surface area contributed by atoms with E-state index >= 15 is 0 Å². The monoisotopic (exact) mass is 270 g/mol. The molecule has 0 fully saturated rings. The minimum Gasteiger partial charge on any atom is -0.497 e. The summed E-state index contributed by atoms with van der Waals surface area (Å²) in [6, 6.07) is 14.7. The molecule has 2 aromatic rings. The van der Waals surface area contributed by atoms with Crippen LogP contribution in [0.15, 0.2) is 48.5 Å². The van der Waals surface area contributed by atoms with Crippen molar-refractivity contribution in [3.05, 3.63) is 54.1 Å². The molecule has 2 aromatic carbocycles. The predicted molar refractivity (Wildman–Crippen MR) is 81.5 cm³/mol. The van der Waals surface area contributed by atoms with Crippen molar-refractivity contribution in [3.8, 4) is 5.75 Å². The summed E-state index contributed by atoms with van der Waals surface area (Å²) in [6.45, 7) is 2.08. The van der Waals surface area contributed by atoms with Gasteiger partial charge in [-0.15, -0.1) is 0 Å². The van der Waals surface area contributed by atoms with Gasteiger partial charge in [0.15, 0.2) is 0 Å². The maximum atomic E-state index is 11.9. The number of hydrogen-bond acceptors (Lipinski definition) is 2. The number of anilines is 2. The van der Waals surface area contributed by atoms with E-state index in [-0.39, 0.29) is 6.03 Å². The molecule has 2 N–H and O–H groups in total. The molecule has 0 saturated carbocycles. The Labute approximate surface area is 118 Å². The second-order valence-corrected chi connectivity index (χ2v) is 4.37. The lowest BCUT2D eigenvalue weighted by Gasteiger charge is -2.09. The molecule has 4 heteroatoms. The van der Waals surface area contributed by atoms with Crippen LogP contribution in [0.2, 0.25) is 0 Å². The van der Waals surface area contributed by atoms with Crippen molar-refractivity contribution in [2.75, 3.05) is 17.7 Å². The van der Waals surface area contributed by atoms with Gasteiger partial charge in [0.05, 0.1) is 7.11 Å². The molecule has 0 atom stereocenters. The molecular formula is C16H18N2O2. The lowest BCUT2D eigenvalue weighted by atomic mass is 10.1. The van der Waals surface area contributed by atoms with Gasteiger partial charge in [0, 0.05) is 17.4 Å². The number of benzene rings is 2. The number of nitrogens with one attached hydrogen (secondary N) is 2. The summed E-state index contributed by atoms with van der Waals surface area (Å²) in [6.07, 6.45) is 0.938. The van der Waals surface area contributed by atoms with Crippen LogP contribution in [0.5, 0.6) is 5.75 Å². The summed E-state index contributed by atoms with van der Waals surface area (Å²) in [7, 11) is 1.59. The molecule has 0 aliphatic rings. The third-order valence-electron chi connectivity index (χ3n) is 2.92. The molecule has 0 radical (unpaired) electrons. The molecule has 0 bridgehead atoms. The fourth-order valence-corrected chi connectivity index (χ4v) is 1.86. The van der Waals surface area contributed by atoms with E-state index in [1.807, 2.05) is 42.5 Å². The summed E-state index contributed by atoms with van der Waals surface area (Å²) in [5, 5.41) is 5.58. The zero-order valence-electron chi connectivity index (χ0n) is 11.6. The highest BCUT2D eigenvalue weighted by Crippen LogP contribution is 2.17. The van der Waals surface area contributed by atoms with Crippen molar-refractivity contribution >= 4 is 17.4 Å². The molecule has 104 valence electrons. The second kappa shape index (κ2) is 6.61. The molecule has 0 spiro atoms. The molecule has 0 unspecified atom stereocenters. The Kier molecular flexibility index (Phi) is 4.60. The maximum absolute atomic E-state index is 11.9. The van der Waals surface area contributed by atoms with E-state index in [1.54, 1.807) is 13.2 Å². The van der Waals surface area contributed by atoms with Crippen LogP contribution >= 0.6 is 0 Å². The molecule has 0 saturated heterocycles. The molecule has 2 amide bonds.